The first kappa shape index (κ1) is 13.9. The zero-order valence-corrected chi connectivity index (χ0v) is 11.5. The van der Waals surface area contributed by atoms with Gasteiger partial charge in [-0.05, 0) is 0 Å². The number of benzene rings is 1. The Balaban J connectivity index is 1.95. The minimum absolute atomic E-state index is 0.549. The summed E-state index contributed by atoms with van der Waals surface area (Å²) in [5.41, 5.74) is 1.84. The van der Waals surface area contributed by atoms with E-state index in [2.05, 4.69) is 27.4 Å². The van der Waals surface area contributed by atoms with Crippen LogP contribution in [0.4, 0.5) is 0 Å². The highest BCUT2D eigenvalue weighted by Gasteiger charge is 2.06. The van der Waals surface area contributed by atoms with Crippen LogP contribution in [0.5, 0.6) is 0 Å². The van der Waals surface area contributed by atoms with E-state index >= 15 is 0 Å². The van der Waals surface area contributed by atoms with E-state index in [1.165, 1.54) is 0 Å². The Kier molecular flexibility index (Phi) is 4.94. The van der Waals surface area contributed by atoms with E-state index in [0.29, 0.717) is 19.0 Å². The summed E-state index contributed by atoms with van der Waals surface area (Å²) in [5, 5.41) is 10.3. The first-order valence-electron chi connectivity index (χ1n) is 6.40. The van der Waals surface area contributed by atoms with Crippen molar-refractivity contribution in [2.75, 3.05) is 13.6 Å². The predicted octanol–water partition coefficient (Wildman–Crippen LogP) is 2.19. The van der Waals surface area contributed by atoms with Crippen LogP contribution in [-0.4, -0.2) is 24.7 Å². The molecule has 1 aromatic carbocycles. The average molecular weight is 270 g/mol. The minimum Gasteiger partial charge on any atom is -0.356 e. The van der Waals surface area contributed by atoms with Gasteiger partial charge in [0.2, 0.25) is 0 Å². The Bertz CT molecular complexity index is 575. The molecule has 0 unspecified atom stereocenters. The van der Waals surface area contributed by atoms with Gasteiger partial charge in [0.15, 0.2) is 11.7 Å². The predicted molar refractivity (Wildman–Crippen MR) is 80.3 cm³/mol. The van der Waals surface area contributed by atoms with E-state index < -0.39 is 0 Å². The van der Waals surface area contributed by atoms with Crippen LogP contribution in [0.15, 0.2) is 58.6 Å². The summed E-state index contributed by atoms with van der Waals surface area (Å²) in [6, 6.07) is 11.8. The summed E-state index contributed by atoms with van der Waals surface area (Å²) in [6.07, 6.45) is 1.77. The molecule has 5 heteroatoms. The Morgan fingerprint density at radius 1 is 1.35 bits per heavy atom. The van der Waals surface area contributed by atoms with Gasteiger partial charge in [0, 0.05) is 25.2 Å². The number of hydrogen-bond acceptors (Lipinski definition) is 3. The maximum absolute atomic E-state index is 5.33. The van der Waals surface area contributed by atoms with Crippen molar-refractivity contribution in [1.82, 2.24) is 15.8 Å². The maximum Gasteiger partial charge on any atom is 0.191 e. The molecule has 2 N–H and O–H groups in total. The second kappa shape index (κ2) is 7.13. The summed E-state index contributed by atoms with van der Waals surface area (Å²) < 4.78 is 5.33. The van der Waals surface area contributed by atoms with Crippen LogP contribution in [0, 0.1) is 0 Å². The van der Waals surface area contributed by atoms with Gasteiger partial charge in [-0.1, -0.05) is 41.6 Å². The minimum atomic E-state index is 0.549. The molecule has 0 bridgehead atoms. The SMILES string of the molecule is C=CCNC(=NC)NCc1cc(-c2ccccc2)on1. The molecule has 0 atom stereocenters. The average Bonchev–Trinajstić information content (AvgIpc) is 2.97. The molecule has 0 amide bonds. The van der Waals surface area contributed by atoms with Gasteiger partial charge in [-0.2, -0.15) is 0 Å². The van der Waals surface area contributed by atoms with Gasteiger partial charge in [-0.3, -0.25) is 4.99 Å². The van der Waals surface area contributed by atoms with Crippen molar-refractivity contribution in [1.29, 1.82) is 0 Å². The van der Waals surface area contributed by atoms with E-state index in [9.17, 15) is 0 Å². The number of rotatable bonds is 5. The van der Waals surface area contributed by atoms with Crippen LogP contribution in [0.1, 0.15) is 5.69 Å². The first-order valence-corrected chi connectivity index (χ1v) is 6.40. The molecular formula is C15H18N4O. The summed E-state index contributed by atoms with van der Waals surface area (Å²) in [6.45, 7) is 4.86. The summed E-state index contributed by atoms with van der Waals surface area (Å²) in [7, 11) is 1.72. The van der Waals surface area contributed by atoms with Crippen LogP contribution in [0.2, 0.25) is 0 Å². The molecule has 0 aliphatic rings. The van der Waals surface area contributed by atoms with Crippen LogP contribution in [0.3, 0.4) is 0 Å². The summed E-state index contributed by atoms with van der Waals surface area (Å²) in [5.74, 6) is 1.46. The number of guanidine groups is 1. The Morgan fingerprint density at radius 3 is 2.85 bits per heavy atom. The third-order valence-corrected chi connectivity index (χ3v) is 2.69. The lowest BCUT2D eigenvalue weighted by molar-refractivity contribution is 0.422. The molecule has 20 heavy (non-hydrogen) atoms. The molecule has 0 radical (unpaired) electrons. The van der Waals surface area contributed by atoms with Crippen molar-refractivity contribution >= 4 is 5.96 Å². The molecule has 0 spiro atoms. The van der Waals surface area contributed by atoms with Gasteiger partial charge in [0.1, 0.15) is 5.69 Å². The molecule has 0 saturated heterocycles. The lowest BCUT2D eigenvalue weighted by atomic mass is 10.2. The van der Waals surface area contributed by atoms with Crippen molar-refractivity contribution < 1.29 is 4.52 Å². The second-order valence-electron chi connectivity index (χ2n) is 4.14. The molecular weight excluding hydrogens is 252 g/mol. The van der Waals surface area contributed by atoms with Gasteiger partial charge >= 0.3 is 0 Å². The van der Waals surface area contributed by atoms with Crippen molar-refractivity contribution in [3.05, 3.63) is 54.7 Å². The molecule has 104 valence electrons. The van der Waals surface area contributed by atoms with Crippen molar-refractivity contribution in [2.45, 2.75) is 6.54 Å². The smallest absolute Gasteiger partial charge is 0.191 e. The molecule has 0 aliphatic heterocycles. The Morgan fingerprint density at radius 2 is 2.15 bits per heavy atom. The first-order chi connectivity index (χ1) is 9.83. The van der Waals surface area contributed by atoms with E-state index in [1.54, 1.807) is 13.1 Å². The molecule has 0 fully saturated rings. The van der Waals surface area contributed by atoms with Gasteiger partial charge in [-0.15, -0.1) is 6.58 Å². The lowest BCUT2D eigenvalue weighted by Gasteiger charge is -2.08. The fourth-order valence-electron chi connectivity index (χ4n) is 1.70. The van der Waals surface area contributed by atoms with Crippen LogP contribution < -0.4 is 10.6 Å². The van der Waals surface area contributed by atoms with E-state index in [1.807, 2.05) is 36.4 Å². The molecule has 0 aliphatic carbocycles. The normalized spacial score (nSPS) is 11.2. The lowest BCUT2D eigenvalue weighted by Crippen LogP contribution is -2.36. The molecule has 1 heterocycles. The monoisotopic (exact) mass is 270 g/mol. The fraction of sp³-hybridized carbons (Fsp3) is 0.200. The highest BCUT2D eigenvalue weighted by atomic mass is 16.5. The van der Waals surface area contributed by atoms with Crippen molar-refractivity contribution in [2.24, 2.45) is 4.99 Å². The largest absolute Gasteiger partial charge is 0.356 e. The Hall–Kier alpha value is -2.56. The number of aliphatic imine (C=N–C) groups is 1. The highest BCUT2D eigenvalue weighted by molar-refractivity contribution is 5.79. The summed E-state index contributed by atoms with van der Waals surface area (Å²) in [4.78, 5) is 4.09. The van der Waals surface area contributed by atoms with Gasteiger partial charge in [-0.25, -0.2) is 0 Å². The topological polar surface area (TPSA) is 62.5 Å². The third-order valence-electron chi connectivity index (χ3n) is 2.69. The zero-order valence-electron chi connectivity index (χ0n) is 11.5. The molecule has 5 nitrogen and oxygen atoms in total. The fourth-order valence-corrected chi connectivity index (χ4v) is 1.70. The highest BCUT2D eigenvalue weighted by Crippen LogP contribution is 2.19. The standard InChI is InChI=1S/C15H18N4O/c1-3-9-17-15(16-2)18-11-13-10-14(20-19-13)12-7-5-4-6-8-12/h3-8,10H,1,9,11H2,2H3,(H2,16,17,18). The van der Waals surface area contributed by atoms with Gasteiger partial charge in [0.25, 0.3) is 0 Å². The molecule has 2 rings (SSSR count). The quantitative estimate of drug-likeness (QED) is 0.496. The molecule has 1 aromatic heterocycles. The Labute approximate surface area is 118 Å². The zero-order chi connectivity index (χ0) is 14.2. The van der Waals surface area contributed by atoms with Crippen LogP contribution in [-0.2, 0) is 6.54 Å². The van der Waals surface area contributed by atoms with Crippen molar-refractivity contribution in [3.63, 3.8) is 0 Å². The molecule has 0 saturated carbocycles. The van der Waals surface area contributed by atoms with E-state index in [0.717, 1.165) is 17.0 Å². The van der Waals surface area contributed by atoms with E-state index in [4.69, 9.17) is 4.52 Å². The third kappa shape index (κ3) is 3.71. The number of nitrogens with one attached hydrogen (secondary N) is 2. The van der Waals surface area contributed by atoms with Crippen LogP contribution in [0.25, 0.3) is 11.3 Å². The van der Waals surface area contributed by atoms with E-state index in [-0.39, 0.29) is 0 Å². The van der Waals surface area contributed by atoms with Gasteiger partial charge in [0.05, 0.1) is 6.54 Å². The number of aromatic nitrogens is 1. The maximum atomic E-state index is 5.33. The summed E-state index contributed by atoms with van der Waals surface area (Å²) >= 11 is 0. The van der Waals surface area contributed by atoms with Gasteiger partial charge < -0.3 is 15.2 Å². The number of hydrogen-bond donors (Lipinski definition) is 2. The second-order valence-corrected chi connectivity index (χ2v) is 4.14. The molecule has 2 aromatic rings. The van der Waals surface area contributed by atoms with Crippen LogP contribution >= 0.6 is 0 Å². The number of nitrogens with zero attached hydrogens (tertiary/aromatic N) is 2. The van der Waals surface area contributed by atoms with Crippen molar-refractivity contribution in [3.8, 4) is 11.3 Å².